The average molecular weight is 465 g/mol. The Morgan fingerprint density at radius 1 is 1.25 bits per heavy atom. The molecule has 1 fully saturated rings. The Labute approximate surface area is 191 Å². The highest BCUT2D eigenvalue weighted by Crippen LogP contribution is 2.28. The van der Waals surface area contributed by atoms with E-state index in [4.69, 9.17) is 4.74 Å². The lowest BCUT2D eigenvalue weighted by Crippen LogP contribution is -2.30. The van der Waals surface area contributed by atoms with Gasteiger partial charge in [0.1, 0.15) is 5.82 Å². The van der Waals surface area contributed by atoms with E-state index < -0.39 is 10.0 Å². The molecule has 1 N–H and O–H groups in total. The van der Waals surface area contributed by atoms with Crippen molar-refractivity contribution in [2.24, 2.45) is 5.92 Å². The molecule has 3 rings (SSSR count). The molecule has 1 aromatic carbocycles. The first-order valence-electron chi connectivity index (χ1n) is 11.7. The Morgan fingerprint density at radius 2 is 2.00 bits per heavy atom. The number of ether oxygens (including phenoxy) is 1. The maximum absolute atomic E-state index is 12.8. The zero-order valence-corrected chi connectivity index (χ0v) is 20.3. The van der Waals surface area contributed by atoms with Crippen LogP contribution in [0.5, 0.6) is 0 Å². The number of nitrogens with zero attached hydrogens (tertiary/aromatic N) is 3. The third-order valence-electron chi connectivity index (χ3n) is 5.87. The van der Waals surface area contributed by atoms with Crippen LogP contribution in [0.15, 0.2) is 23.1 Å². The normalized spacial score (nSPS) is 14.4. The van der Waals surface area contributed by atoms with Crippen LogP contribution >= 0.6 is 0 Å². The Balaban J connectivity index is 1.59. The van der Waals surface area contributed by atoms with Crippen molar-refractivity contribution in [1.82, 2.24) is 19.2 Å². The van der Waals surface area contributed by atoms with Crippen LogP contribution in [0, 0.1) is 5.92 Å². The van der Waals surface area contributed by atoms with Gasteiger partial charge in [-0.3, -0.25) is 4.79 Å². The second-order valence-corrected chi connectivity index (χ2v) is 10.2. The minimum absolute atomic E-state index is 0.00768. The van der Waals surface area contributed by atoms with Crippen LogP contribution in [0.4, 0.5) is 0 Å². The Morgan fingerprint density at radius 3 is 2.66 bits per heavy atom. The molecule has 9 heteroatoms. The van der Waals surface area contributed by atoms with Gasteiger partial charge in [0.25, 0.3) is 0 Å². The van der Waals surface area contributed by atoms with E-state index in [1.54, 1.807) is 12.1 Å². The number of sulfonamides is 1. The molecule has 1 aliphatic carbocycles. The van der Waals surface area contributed by atoms with Crippen molar-refractivity contribution < 1.29 is 17.9 Å². The van der Waals surface area contributed by atoms with Gasteiger partial charge in [0.15, 0.2) is 0 Å². The minimum atomic E-state index is -3.54. The molecule has 8 nitrogen and oxygen atoms in total. The number of benzene rings is 1. The average Bonchev–Trinajstić information content (AvgIpc) is 3.53. The molecule has 0 atom stereocenters. The standard InChI is InChI=1S/C23H36N4O4S/c1-4-26(5-2)32(29,30)19-10-11-21-20(16-19)25-22(27(21)6-3)12-13-23(28)24-14-7-15-31-17-18-8-9-18/h10-11,16,18H,4-9,12-15,17H2,1-3H3,(H,24,28). The zero-order valence-electron chi connectivity index (χ0n) is 19.5. The number of carbonyl (C=O) groups is 1. The minimum Gasteiger partial charge on any atom is -0.381 e. The van der Waals surface area contributed by atoms with Crippen molar-refractivity contribution in [3.05, 3.63) is 24.0 Å². The lowest BCUT2D eigenvalue weighted by molar-refractivity contribution is -0.121. The van der Waals surface area contributed by atoms with Crippen molar-refractivity contribution in [3.8, 4) is 0 Å². The van der Waals surface area contributed by atoms with Gasteiger partial charge >= 0.3 is 0 Å². The molecule has 0 spiro atoms. The molecule has 0 unspecified atom stereocenters. The predicted octanol–water partition coefficient (Wildman–Crippen LogP) is 2.95. The molecule has 0 bridgehead atoms. The van der Waals surface area contributed by atoms with E-state index in [1.165, 1.54) is 17.1 Å². The van der Waals surface area contributed by atoms with Crippen LogP contribution in [0.2, 0.25) is 0 Å². The highest BCUT2D eigenvalue weighted by molar-refractivity contribution is 7.89. The number of imidazole rings is 1. The van der Waals surface area contributed by atoms with Crippen molar-refractivity contribution in [2.75, 3.05) is 32.8 Å². The van der Waals surface area contributed by atoms with Crippen molar-refractivity contribution in [3.63, 3.8) is 0 Å². The zero-order chi connectivity index (χ0) is 23.1. The van der Waals surface area contributed by atoms with E-state index >= 15 is 0 Å². The Bertz CT molecular complexity index is 1010. The molecule has 1 aliphatic rings. The summed E-state index contributed by atoms with van der Waals surface area (Å²) in [4.78, 5) is 17.2. The van der Waals surface area contributed by atoms with E-state index in [9.17, 15) is 13.2 Å². The highest BCUT2D eigenvalue weighted by atomic mass is 32.2. The summed E-state index contributed by atoms with van der Waals surface area (Å²) >= 11 is 0. The van der Waals surface area contributed by atoms with Crippen molar-refractivity contribution in [2.45, 2.75) is 64.3 Å². The van der Waals surface area contributed by atoms with Gasteiger partial charge in [0, 0.05) is 52.2 Å². The molecule has 178 valence electrons. The number of carbonyl (C=O) groups excluding carboxylic acids is 1. The molecule has 0 radical (unpaired) electrons. The van der Waals surface area contributed by atoms with Crippen LogP contribution in [0.1, 0.15) is 52.3 Å². The summed E-state index contributed by atoms with van der Waals surface area (Å²) in [5.74, 6) is 1.55. The summed E-state index contributed by atoms with van der Waals surface area (Å²) in [6, 6.07) is 5.10. The second kappa shape index (κ2) is 11.2. The summed E-state index contributed by atoms with van der Waals surface area (Å²) < 4.78 is 34.8. The summed E-state index contributed by atoms with van der Waals surface area (Å²) in [5, 5.41) is 2.94. The monoisotopic (exact) mass is 464 g/mol. The third-order valence-corrected chi connectivity index (χ3v) is 7.92. The molecule has 32 heavy (non-hydrogen) atoms. The van der Waals surface area contributed by atoms with Crippen molar-refractivity contribution >= 4 is 27.0 Å². The maximum atomic E-state index is 12.8. The SMILES string of the molecule is CCN(CC)S(=O)(=O)c1ccc2c(c1)nc(CCC(=O)NCCCOCC1CC1)n2CC. The van der Waals surface area contributed by atoms with Gasteiger partial charge in [-0.05, 0) is 50.3 Å². The molecular formula is C23H36N4O4S. The topological polar surface area (TPSA) is 93.5 Å². The largest absolute Gasteiger partial charge is 0.381 e. The van der Waals surface area contributed by atoms with Gasteiger partial charge < -0.3 is 14.6 Å². The summed E-state index contributed by atoms with van der Waals surface area (Å²) in [6.07, 6.45) is 4.23. The lowest BCUT2D eigenvalue weighted by Gasteiger charge is -2.18. The van der Waals surface area contributed by atoms with Crippen LogP contribution in [-0.4, -0.2) is 61.0 Å². The molecule has 1 aromatic heterocycles. The molecule has 1 heterocycles. The lowest BCUT2D eigenvalue weighted by atomic mass is 10.2. The van der Waals surface area contributed by atoms with Crippen LogP contribution in [-0.2, 0) is 32.5 Å². The van der Waals surface area contributed by atoms with E-state index in [0.717, 1.165) is 30.3 Å². The van der Waals surface area contributed by atoms with Gasteiger partial charge in [-0.15, -0.1) is 0 Å². The van der Waals surface area contributed by atoms with Gasteiger partial charge in [-0.1, -0.05) is 13.8 Å². The molecule has 0 saturated heterocycles. The molecule has 2 aromatic rings. The smallest absolute Gasteiger partial charge is 0.243 e. The van der Waals surface area contributed by atoms with E-state index in [0.29, 0.717) is 51.1 Å². The number of hydrogen-bond donors (Lipinski definition) is 1. The fraction of sp³-hybridized carbons (Fsp3) is 0.652. The first kappa shape index (κ1) is 24.7. The summed E-state index contributed by atoms with van der Waals surface area (Å²) in [6.45, 7) is 9.37. The van der Waals surface area contributed by atoms with E-state index in [-0.39, 0.29) is 10.8 Å². The number of aryl methyl sites for hydroxylation is 2. The Kier molecular flexibility index (Phi) is 8.67. The van der Waals surface area contributed by atoms with Crippen LogP contribution < -0.4 is 5.32 Å². The number of hydrogen-bond acceptors (Lipinski definition) is 5. The van der Waals surface area contributed by atoms with E-state index in [2.05, 4.69) is 10.3 Å². The number of rotatable bonds is 14. The van der Waals surface area contributed by atoms with Gasteiger partial charge in [-0.2, -0.15) is 4.31 Å². The first-order valence-corrected chi connectivity index (χ1v) is 13.2. The third kappa shape index (κ3) is 6.08. The fourth-order valence-corrected chi connectivity index (χ4v) is 5.31. The molecule has 0 aliphatic heterocycles. The van der Waals surface area contributed by atoms with E-state index in [1.807, 2.05) is 31.4 Å². The van der Waals surface area contributed by atoms with Crippen LogP contribution in [0.25, 0.3) is 11.0 Å². The highest BCUT2D eigenvalue weighted by Gasteiger charge is 2.23. The second-order valence-electron chi connectivity index (χ2n) is 8.23. The van der Waals surface area contributed by atoms with Gasteiger partial charge in [0.05, 0.1) is 15.9 Å². The Hall–Kier alpha value is -1.97. The number of fused-ring (bicyclic) bond motifs is 1. The molecule has 1 amide bonds. The number of amides is 1. The number of aromatic nitrogens is 2. The molecule has 1 saturated carbocycles. The maximum Gasteiger partial charge on any atom is 0.243 e. The van der Waals surface area contributed by atoms with Crippen LogP contribution in [0.3, 0.4) is 0 Å². The molecular weight excluding hydrogens is 428 g/mol. The predicted molar refractivity (Wildman–Crippen MR) is 125 cm³/mol. The fourth-order valence-electron chi connectivity index (χ4n) is 3.83. The van der Waals surface area contributed by atoms with Crippen molar-refractivity contribution in [1.29, 1.82) is 0 Å². The first-order chi connectivity index (χ1) is 15.4. The van der Waals surface area contributed by atoms with Gasteiger partial charge in [0.2, 0.25) is 15.9 Å². The number of nitrogens with one attached hydrogen (secondary N) is 1. The van der Waals surface area contributed by atoms with Gasteiger partial charge in [-0.25, -0.2) is 13.4 Å². The summed E-state index contributed by atoms with van der Waals surface area (Å²) in [5.41, 5.74) is 1.53. The quantitative estimate of drug-likeness (QED) is 0.434. The summed E-state index contributed by atoms with van der Waals surface area (Å²) in [7, 11) is -3.54.